The molecule has 250 valence electrons. The molecular weight excluding hydrogens is 647 g/mol. The van der Waals surface area contributed by atoms with Crippen molar-refractivity contribution in [1.29, 1.82) is 0 Å². The molecule has 0 aromatic heterocycles. The minimum absolute atomic E-state index is 0.0156. The Hall–Kier alpha value is -2.70. The predicted molar refractivity (Wildman–Crippen MR) is 112 cm³/mol. The maximum absolute atomic E-state index is 13.9. The van der Waals surface area contributed by atoms with Crippen LogP contribution in [0.4, 0.5) is 74.6 Å². The maximum atomic E-state index is 13.9. The van der Waals surface area contributed by atoms with Gasteiger partial charge in [0.2, 0.25) is 0 Å². The highest BCUT2D eigenvalue weighted by Crippen LogP contribution is 2.64. The molecule has 20 heteroatoms. The molecule has 1 aromatic carbocycles. The lowest BCUT2D eigenvalue weighted by Crippen LogP contribution is -2.74. The van der Waals surface area contributed by atoms with Gasteiger partial charge in [0.25, 0.3) is 0 Å². The van der Waals surface area contributed by atoms with Crippen LogP contribution in [0.25, 0.3) is 0 Å². The molecule has 0 aliphatic carbocycles. The number of rotatable bonds is 17. The number of unbranched alkanes of at least 4 members (excludes halogenated alkanes) is 5. The molecule has 0 spiro atoms. The number of carboxylic acids is 1. The molecule has 0 saturated heterocycles. The number of carbonyl (C=O) groups is 1. The second-order valence-electron chi connectivity index (χ2n) is 9.20. The van der Waals surface area contributed by atoms with Crippen LogP contribution in [0.2, 0.25) is 0 Å². The number of carboxylic acid groups (broad SMARTS) is 1. The van der Waals surface area contributed by atoms with Crippen molar-refractivity contribution in [1.82, 2.24) is 0 Å². The number of hydrogen-bond acceptors (Lipinski definition) is 2. The molecule has 0 amide bonds. The summed E-state index contributed by atoms with van der Waals surface area (Å²) < 4.78 is 231. The van der Waals surface area contributed by atoms with Crippen LogP contribution in [0.15, 0.2) is 24.3 Å². The van der Waals surface area contributed by atoms with Crippen molar-refractivity contribution in [3.05, 3.63) is 29.8 Å². The van der Waals surface area contributed by atoms with Crippen molar-refractivity contribution in [2.45, 2.75) is 92.6 Å². The first-order valence-corrected chi connectivity index (χ1v) is 11.8. The quantitative estimate of drug-likeness (QED) is 0.133. The topological polar surface area (TPSA) is 46.5 Å². The summed E-state index contributed by atoms with van der Waals surface area (Å²) in [6, 6.07) is 5.20. The molecule has 0 aliphatic rings. The third-order valence-electron chi connectivity index (χ3n) is 6.04. The van der Waals surface area contributed by atoms with Crippen LogP contribution in [0.3, 0.4) is 0 Å². The van der Waals surface area contributed by atoms with E-state index in [9.17, 15) is 79.4 Å². The predicted octanol–water partition coefficient (Wildman–Crippen LogP) is 9.50. The number of alkyl halides is 17. The lowest BCUT2D eigenvalue weighted by molar-refractivity contribution is -0.461. The van der Waals surface area contributed by atoms with E-state index < -0.39 is 72.9 Å². The van der Waals surface area contributed by atoms with Gasteiger partial charge in [0.15, 0.2) is 0 Å². The van der Waals surface area contributed by atoms with Gasteiger partial charge in [-0.15, -0.1) is 0 Å². The van der Waals surface area contributed by atoms with Crippen LogP contribution in [0.1, 0.15) is 55.3 Å². The highest BCUT2D eigenvalue weighted by atomic mass is 19.4. The SMILES string of the molecule is O=C(O)c1ccc(OCCCCCCCCC(F)(F)C(F)(F)C(F)(F)C(F)(F)C(F)(F)C(F)(F)C(F)(F)C(F)(F)F)cc1. The van der Waals surface area contributed by atoms with E-state index >= 15 is 0 Å². The number of halogens is 17. The molecule has 3 nitrogen and oxygen atoms in total. The Balaban J connectivity index is 2.76. The first-order valence-electron chi connectivity index (χ1n) is 11.8. The van der Waals surface area contributed by atoms with E-state index in [0.717, 1.165) is 0 Å². The Morgan fingerprint density at radius 3 is 1.33 bits per heavy atom. The van der Waals surface area contributed by atoms with Gasteiger partial charge in [-0.05, 0) is 37.1 Å². The average molecular weight is 668 g/mol. The van der Waals surface area contributed by atoms with Gasteiger partial charge >= 0.3 is 53.6 Å². The van der Waals surface area contributed by atoms with Crippen molar-refractivity contribution < 1.29 is 89.3 Å². The van der Waals surface area contributed by atoms with E-state index in [-0.39, 0.29) is 25.0 Å². The van der Waals surface area contributed by atoms with Gasteiger partial charge in [0.1, 0.15) is 5.75 Å². The van der Waals surface area contributed by atoms with Crippen molar-refractivity contribution in [3.63, 3.8) is 0 Å². The van der Waals surface area contributed by atoms with E-state index in [0.29, 0.717) is 18.6 Å². The highest BCUT2D eigenvalue weighted by molar-refractivity contribution is 5.87. The molecule has 0 fully saturated rings. The summed E-state index contributed by atoms with van der Waals surface area (Å²) in [6.07, 6.45) is -11.0. The van der Waals surface area contributed by atoms with Crippen molar-refractivity contribution >= 4 is 5.97 Å². The summed E-state index contributed by atoms with van der Waals surface area (Å²) in [4.78, 5) is 10.7. The number of aromatic carboxylic acids is 1. The summed E-state index contributed by atoms with van der Waals surface area (Å²) in [6.45, 7) is 0.0819. The van der Waals surface area contributed by atoms with Crippen molar-refractivity contribution in [2.24, 2.45) is 0 Å². The monoisotopic (exact) mass is 668 g/mol. The third-order valence-corrected chi connectivity index (χ3v) is 6.04. The second kappa shape index (κ2) is 12.7. The standard InChI is InChI=1S/C23H21F17O3/c24-16(25,11-5-3-1-2-4-6-12-43-14-9-7-13(8-10-14)15(41)42)17(26,27)18(28,29)19(30,31)20(32,33)21(34,35)22(36,37)23(38,39)40/h7-10H,1-6,11-12H2,(H,41,42). The van der Waals surface area contributed by atoms with Gasteiger partial charge in [-0.3, -0.25) is 0 Å². The van der Waals surface area contributed by atoms with E-state index in [1.54, 1.807) is 0 Å². The largest absolute Gasteiger partial charge is 0.494 e. The van der Waals surface area contributed by atoms with Gasteiger partial charge in [0, 0.05) is 6.42 Å². The fourth-order valence-electron chi connectivity index (χ4n) is 3.39. The van der Waals surface area contributed by atoms with E-state index in [1.165, 1.54) is 24.3 Å². The van der Waals surface area contributed by atoms with Gasteiger partial charge in [-0.1, -0.05) is 25.7 Å². The Bertz CT molecular complexity index is 1070. The summed E-state index contributed by atoms with van der Waals surface area (Å²) in [5, 5.41) is 8.78. The molecule has 0 atom stereocenters. The zero-order chi connectivity index (χ0) is 33.9. The summed E-state index contributed by atoms with van der Waals surface area (Å²) in [7, 11) is 0. The van der Waals surface area contributed by atoms with Crippen LogP contribution >= 0.6 is 0 Å². The fraction of sp³-hybridized carbons (Fsp3) is 0.696. The molecule has 0 unspecified atom stereocenters. The van der Waals surface area contributed by atoms with E-state index in [2.05, 4.69) is 0 Å². The summed E-state index contributed by atoms with van der Waals surface area (Å²) in [5.41, 5.74) is -0.0156. The second-order valence-corrected chi connectivity index (χ2v) is 9.20. The highest BCUT2D eigenvalue weighted by Gasteiger charge is 2.95. The molecule has 0 saturated carbocycles. The first-order chi connectivity index (χ1) is 19.1. The van der Waals surface area contributed by atoms with E-state index in [1.807, 2.05) is 0 Å². The van der Waals surface area contributed by atoms with Crippen LogP contribution in [0.5, 0.6) is 5.75 Å². The molecule has 0 radical (unpaired) electrons. The smallest absolute Gasteiger partial charge is 0.460 e. The zero-order valence-corrected chi connectivity index (χ0v) is 21.2. The Morgan fingerprint density at radius 2 is 0.907 bits per heavy atom. The van der Waals surface area contributed by atoms with E-state index in [4.69, 9.17) is 9.84 Å². The van der Waals surface area contributed by atoms with Crippen LogP contribution in [-0.4, -0.2) is 65.3 Å². The minimum atomic E-state index is -8.62. The Labute approximate surface area is 231 Å². The molecule has 1 aromatic rings. The summed E-state index contributed by atoms with van der Waals surface area (Å²) >= 11 is 0. The van der Waals surface area contributed by atoms with Crippen LogP contribution in [0, 0.1) is 0 Å². The number of benzene rings is 1. The molecule has 0 heterocycles. The summed E-state index contributed by atoms with van der Waals surface area (Å²) in [5.74, 6) is -57.0. The first kappa shape index (κ1) is 38.3. The van der Waals surface area contributed by atoms with Crippen molar-refractivity contribution in [2.75, 3.05) is 6.61 Å². The number of hydrogen-bond donors (Lipinski definition) is 1. The molecule has 1 rings (SSSR count). The number of ether oxygens (including phenoxy) is 1. The van der Waals surface area contributed by atoms with Crippen molar-refractivity contribution in [3.8, 4) is 5.75 Å². The fourth-order valence-corrected chi connectivity index (χ4v) is 3.39. The Morgan fingerprint density at radius 1 is 0.535 bits per heavy atom. The maximum Gasteiger partial charge on any atom is 0.460 e. The lowest BCUT2D eigenvalue weighted by Gasteiger charge is -2.42. The molecule has 0 bridgehead atoms. The lowest BCUT2D eigenvalue weighted by atomic mass is 9.87. The van der Waals surface area contributed by atoms with Gasteiger partial charge in [-0.2, -0.15) is 74.6 Å². The molecule has 1 N–H and O–H groups in total. The van der Waals surface area contributed by atoms with Gasteiger partial charge < -0.3 is 9.84 Å². The minimum Gasteiger partial charge on any atom is -0.494 e. The van der Waals surface area contributed by atoms with Gasteiger partial charge in [-0.25, -0.2) is 4.79 Å². The van der Waals surface area contributed by atoms with Gasteiger partial charge in [0.05, 0.1) is 12.2 Å². The zero-order valence-electron chi connectivity index (χ0n) is 21.2. The molecule has 43 heavy (non-hydrogen) atoms. The normalized spacial score (nSPS) is 14.6. The third kappa shape index (κ3) is 7.17. The molecule has 0 aliphatic heterocycles. The molecular formula is C23H21F17O3. The average Bonchev–Trinajstić information content (AvgIpc) is 2.86. The van der Waals surface area contributed by atoms with Crippen LogP contribution < -0.4 is 4.74 Å². The Kier molecular flexibility index (Phi) is 11.3. The van der Waals surface area contributed by atoms with Crippen LogP contribution in [-0.2, 0) is 0 Å².